The van der Waals surface area contributed by atoms with E-state index in [9.17, 15) is 4.79 Å². The summed E-state index contributed by atoms with van der Waals surface area (Å²) in [6, 6.07) is 8.17. The summed E-state index contributed by atoms with van der Waals surface area (Å²) >= 11 is 5.98. The Labute approximate surface area is 165 Å². The highest BCUT2D eigenvalue weighted by Gasteiger charge is 2.33. The summed E-state index contributed by atoms with van der Waals surface area (Å²) in [5.74, 6) is 2.07. The molecule has 5 nitrogen and oxygen atoms in total. The number of nitrogens with zero attached hydrogens (tertiary/aromatic N) is 3. The number of aryl methyl sites for hydroxylation is 1. The number of hydrogen-bond donors (Lipinski definition) is 0. The minimum atomic E-state index is 0.00971. The maximum absolute atomic E-state index is 12.6. The molecular weight excluding hydrogens is 362 g/mol. The highest BCUT2D eigenvalue weighted by atomic mass is 35.5. The van der Waals surface area contributed by atoms with Gasteiger partial charge in [-0.1, -0.05) is 23.7 Å². The average molecular weight is 388 g/mol. The molecule has 2 aromatic rings. The molecule has 3 heterocycles. The number of carbonyl (C=O) groups excluding carboxylic acids is 1. The van der Waals surface area contributed by atoms with Crippen LogP contribution in [0.25, 0.3) is 0 Å². The van der Waals surface area contributed by atoms with Gasteiger partial charge in [-0.05, 0) is 62.3 Å². The van der Waals surface area contributed by atoms with Crippen molar-refractivity contribution < 1.29 is 9.21 Å². The molecule has 1 atom stereocenters. The van der Waals surface area contributed by atoms with Crippen molar-refractivity contribution in [2.45, 2.75) is 32.7 Å². The summed E-state index contributed by atoms with van der Waals surface area (Å²) in [5.41, 5.74) is 1.78. The number of hydrogen-bond acceptors (Lipinski definition) is 4. The maximum Gasteiger partial charge on any atom is 0.276 e. The van der Waals surface area contributed by atoms with E-state index in [1.807, 2.05) is 17.0 Å². The van der Waals surface area contributed by atoms with Gasteiger partial charge in [0.15, 0.2) is 12.1 Å². The number of piperidine rings is 1. The fourth-order valence-electron chi connectivity index (χ4n) is 4.47. The van der Waals surface area contributed by atoms with E-state index in [0.29, 0.717) is 17.4 Å². The van der Waals surface area contributed by atoms with Crippen LogP contribution < -0.4 is 0 Å². The third-order valence-corrected chi connectivity index (χ3v) is 6.32. The second kappa shape index (κ2) is 8.03. The van der Waals surface area contributed by atoms with Crippen LogP contribution in [0.3, 0.4) is 0 Å². The molecule has 0 saturated carbocycles. The van der Waals surface area contributed by atoms with E-state index in [1.165, 1.54) is 18.4 Å². The van der Waals surface area contributed by atoms with Gasteiger partial charge >= 0.3 is 0 Å². The van der Waals surface area contributed by atoms with E-state index < -0.39 is 0 Å². The molecule has 6 heteroatoms. The highest BCUT2D eigenvalue weighted by molar-refractivity contribution is 6.30. The zero-order chi connectivity index (χ0) is 18.8. The first-order valence-corrected chi connectivity index (χ1v) is 10.1. The standard InChI is InChI=1S/C21H26ClN3O2/c1-15-20(23-14-27-15)21(26)25-10-7-17(8-11-25)18-6-9-24(13-18)12-16-2-4-19(22)5-3-16/h2-5,14,17-18H,6-13H2,1H3. The Morgan fingerprint density at radius 1 is 1.15 bits per heavy atom. The van der Waals surface area contributed by atoms with Crippen molar-refractivity contribution in [1.82, 2.24) is 14.8 Å². The Balaban J connectivity index is 1.27. The molecule has 2 aliphatic rings. The normalized spacial score (nSPS) is 21.7. The summed E-state index contributed by atoms with van der Waals surface area (Å²) in [6.07, 6.45) is 4.78. The SMILES string of the molecule is Cc1ocnc1C(=O)N1CCC(C2CCN(Cc3ccc(Cl)cc3)C2)CC1. The Morgan fingerprint density at radius 2 is 1.85 bits per heavy atom. The number of rotatable bonds is 4. The van der Waals surface area contributed by atoms with Crippen molar-refractivity contribution in [3.8, 4) is 0 Å². The zero-order valence-corrected chi connectivity index (χ0v) is 16.5. The molecule has 2 fully saturated rings. The van der Waals surface area contributed by atoms with E-state index in [-0.39, 0.29) is 5.91 Å². The van der Waals surface area contributed by atoms with E-state index in [2.05, 4.69) is 22.0 Å². The summed E-state index contributed by atoms with van der Waals surface area (Å²) in [6.45, 7) is 6.75. The second-order valence-electron chi connectivity index (χ2n) is 7.80. The highest BCUT2D eigenvalue weighted by Crippen LogP contribution is 2.33. The number of likely N-dealkylation sites (tertiary alicyclic amines) is 2. The second-order valence-corrected chi connectivity index (χ2v) is 8.23. The van der Waals surface area contributed by atoms with Crippen LogP contribution >= 0.6 is 11.6 Å². The molecule has 1 aromatic heterocycles. The van der Waals surface area contributed by atoms with Crippen molar-refractivity contribution in [3.63, 3.8) is 0 Å². The van der Waals surface area contributed by atoms with Crippen LogP contribution in [0.4, 0.5) is 0 Å². The molecule has 4 rings (SSSR count). The summed E-state index contributed by atoms with van der Waals surface area (Å²) in [7, 11) is 0. The molecule has 1 aromatic carbocycles. The first-order chi connectivity index (χ1) is 13.1. The molecule has 0 radical (unpaired) electrons. The van der Waals surface area contributed by atoms with Crippen molar-refractivity contribution >= 4 is 17.5 Å². The molecule has 0 bridgehead atoms. The average Bonchev–Trinajstić information content (AvgIpc) is 3.32. The minimum absolute atomic E-state index is 0.00971. The zero-order valence-electron chi connectivity index (χ0n) is 15.7. The van der Waals surface area contributed by atoms with Crippen LogP contribution in [0.5, 0.6) is 0 Å². The molecule has 27 heavy (non-hydrogen) atoms. The Hall–Kier alpha value is -1.85. The van der Waals surface area contributed by atoms with Gasteiger partial charge in [-0.2, -0.15) is 0 Å². The Morgan fingerprint density at radius 3 is 2.52 bits per heavy atom. The quantitative estimate of drug-likeness (QED) is 0.795. The molecule has 2 saturated heterocycles. The first-order valence-electron chi connectivity index (χ1n) is 9.76. The van der Waals surface area contributed by atoms with Crippen molar-refractivity contribution in [2.75, 3.05) is 26.2 Å². The predicted molar refractivity (Wildman–Crippen MR) is 105 cm³/mol. The Kier molecular flexibility index (Phi) is 5.50. The van der Waals surface area contributed by atoms with E-state index >= 15 is 0 Å². The van der Waals surface area contributed by atoms with Gasteiger partial charge in [0.05, 0.1) is 0 Å². The Bertz CT molecular complexity index is 781. The maximum atomic E-state index is 12.6. The summed E-state index contributed by atoms with van der Waals surface area (Å²) < 4.78 is 5.17. The van der Waals surface area contributed by atoms with Gasteiger partial charge in [0.25, 0.3) is 5.91 Å². The molecule has 1 amide bonds. The van der Waals surface area contributed by atoms with Crippen molar-refractivity contribution in [3.05, 3.63) is 52.7 Å². The summed E-state index contributed by atoms with van der Waals surface area (Å²) in [5, 5.41) is 0.792. The van der Waals surface area contributed by atoms with Crippen LogP contribution in [-0.4, -0.2) is 46.9 Å². The van der Waals surface area contributed by atoms with Gasteiger partial charge in [0.1, 0.15) is 5.76 Å². The van der Waals surface area contributed by atoms with Gasteiger partial charge in [-0.15, -0.1) is 0 Å². The van der Waals surface area contributed by atoms with Crippen LogP contribution in [0.15, 0.2) is 35.1 Å². The van der Waals surface area contributed by atoms with Crippen LogP contribution in [0.1, 0.15) is 41.1 Å². The van der Waals surface area contributed by atoms with Gasteiger partial charge in [-0.3, -0.25) is 9.69 Å². The molecule has 144 valence electrons. The van der Waals surface area contributed by atoms with Crippen molar-refractivity contribution in [1.29, 1.82) is 0 Å². The predicted octanol–water partition coefficient (Wildman–Crippen LogP) is 4.01. The molecular formula is C21H26ClN3O2. The lowest BCUT2D eigenvalue weighted by molar-refractivity contribution is 0.0652. The van der Waals surface area contributed by atoms with E-state index in [4.69, 9.17) is 16.0 Å². The van der Waals surface area contributed by atoms with Gasteiger partial charge in [0.2, 0.25) is 0 Å². The summed E-state index contributed by atoms with van der Waals surface area (Å²) in [4.78, 5) is 21.1. The first kappa shape index (κ1) is 18.5. The largest absolute Gasteiger partial charge is 0.448 e. The third kappa shape index (κ3) is 4.19. The fraction of sp³-hybridized carbons (Fsp3) is 0.524. The minimum Gasteiger partial charge on any atom is -0.448 e. The van der Waals surface area contributed by atoms with Gasteiger partial charge < -0.3 is 9.32 Å². The van der Waals surface area contributed by atoms with E-state index in [1.54, 1.807) is 6.92 Å². The molecule has 0 spiro atoms. The smallest absolute Gasteiger partial charge is 0.276 e. The fourth-order valence-corrected chi connectivity index (χ4v) is 4.60. The lowest BCUT2D eigenvalue weighted by Crippen LogP contribution is -2.40. The topological polar surface area (TPSA) is 49.6 Å². The third-order valence-electron chi connectivity index (χ3n) is 6.07. The number of aromatic nitrogens is 1. The lowest BCUT2D eigenvalue weighted by Gasteiger charge is -2.34. The number of halogens is 1. The van der Waals surface area contributed by atoms with Gasteiger partial charge in [-0.25, -0.2) is 4.98 Å². The van der Waals surface area contributed by atoms with Crippen molar-refractivity contribution in [2.24, 2.45) is 11.8 Å². The van der Waals surface area contributed by atoms with Crippen LogP contribution in [0.2, 0.25) is 5.02 Å². The lowest BCUT2D eigenvalue weighted by atomic mass is 9.83. The number of benzene rings is 1. The number of carbonyl (C=O) groups is 1. The molecule has 0 N–H and O–H groups in total. The monoisotopic (exact) mass is 387 g/mol. The van der Waals surface area contributed by atoms with Crippen LogP contribution in [0, 0.1) is 18.8 Å². The molecule has 2 aliphatic heterocycles. The number of oxazole rings is 1. The molecule has 0 aliphatic carbocycles. The number of amides is 1. The van der Waals surface area contributed by atoms with Crippen LogP contribution in [-0.2, 0) is 6.54 Å². The molecule has 1 unspecified atom stereocenters. The van der Waals surface area contributed by atoms with E-state index in [0.717, 1.165) is 56.5 Å². The van der Waals surface area contributed by atoms with Gasteiger partial charge in [0, 0.05) is 31.2 Å².